The van der Waals surface area contributed by atoms with Crippen molar-refractivity contribution < 1.29 is 9.59 Å². The fourth-order valence-electron chi connectivity index (χ4n) is 3.37. The normalized spacial score (nSPS) is 12.1. The third kappa shape index (κ3) is 4.47. The maximum absolute atomic E-state index is 12.8. The Bertz CT molecular complexity index is 1280. The van der Waals surface area contributed by atoms with E-state index in [-0.39, 0.29) is 29.8 Å². The number of benzene rings is 1. The second kappa shape index (κ2) is 8.80. The van der Waals surface area contributed by atoms with Crippen LogP contribution in [0.5, 0.6) is 0 Å². The number of rotatable bonds is 6. The van der Waals surface area contributed by atoms with Crippen molar-refractivity contribution >= 4 is 34.7 Å². The number of carbonyl (C=O) groups is 2. The van der Waals surface area contributed by atoms with Gasteiger partial charge in [0.1, 0.15) is 0 Å². The van der Waals surface area contributed by atoms with E-state index in [2.05, 4.69) is 20.7 Å². The number of nitrogens with one attached hydrogen (secondary N) is 2. The number of nitrogen functional groups attached to an aromatic ring is 1. The van der Waals surface area contributed by atoms with Crippen molar-refractivity contribution in [2.75, 3.05) is 5.73 Å². The van der Waals surface area contributed by atoms with E-state index in [4.69, 9.17) is 5.73 Å². The van der Waals surface area contributed by atoms with E-state index < -0.39 is 0 Å². The summed E-state index contributed by atoms with van der Waals surface area (Å²) in [5, 5.41) is 11.9. The molecule has 8 nitrogen and oxygen atoms in total. The van der Waals surface area contributed by atoms with Gasteiger partial charge in [0.15, 0.2) is 5.65 Å². The van der Waals surface area contributed by atoms with E-state index in [0.29, 0.717) is 16.1 Å². The Kier molecular flexibility index (Phi) is 5.91. The molecule has 32 heavy (non-hydrogen) atoms. The summed E-state index contributed by atoms with van der Waals surface area (Å²) in [6, 6.07) is 13.2. The predicted octanol–water partition coefficient (Wildman–Crippen LogP) is 3.67. The molecule has 0 saturated heterocycles. The Morgan fingerprint density at radius 3 is 2.50 bits per heavy atom. The Morgan fingerprint density at radius 1 is 1.03 bits per heavy atom. The molecule has 0 saturated carbocycles. The van der Waals surface area contributed by atoms with Gasteiger partial charge in [-0.25, -0.2) is 4.52 Å². The molecular formula is C23H24N6O2S. The smallest absolute Gasteiger partial charge is 0.261 e. The molecule has 1 atom stereocenters. The summed E-state index contributed by atoms with van der Waals surface area (Å²) < 4.78 is 1.49. The molecule has 3 aromatic heterocycles. The molecule has 4 aromatic rings. The second-order valence-electron chi connectivity index (χ2n) is 7.81. The van der Waals surface area contributed by atoms with Crippen molar-refractivity contribution in [2.45, 2.75) is 32.9 Å². The second-order valence-corrected chi connectivity index (χ2v) is 8.73. The lowest BCUT2D eigenvalue weighted by molar-refractivity contribution is 0.0935. The Balaban J connectivity index is 1.62. The number of hydrogen-bond donors (Lipinski definition) is 3. The Labute approximate surface area is 189 Å². The van der Waals surface area contributed by atoms with Crippen LogP contribution in [0.3, 0.4) is 0 Å². The van der Waals surface area contributed by atoms with E-state index in [9.17, 15) is 9.59 Å². The minimum atomic E-state index is -0.260. The van der Waals surface area contributed by atoms with Crippen molar-refractivity contribution in [1.82, 2.24) is 25.2 Å². The zero-order valence-electron chi connectivity index (χ0n) is 18.0. The minimum Gasteiger partial charge on any atom is -0.366 e. The van der Waals surface area contributed by atoms with Crippen LogP contribution in [-0.2, 0) is 0 Å². The van der Waals surface area contributed by atoms with Crippen molar-refractivity contribution in [3.63, 3.8) is 0 Å². The van der Waals surface area contributed by atoms with Gasteiger partial charge in [0.25, 0.3) is 11.8 Å². The Morgan fingerprint density at radius 2 is 1.78 bits per heavy atom. The van der Waals surface area contributed by atoms with Crippen molar-refractivity contribution in [3.8, 4) is 11.1 Å². The molecule has 164 valence electrons. The molecule has 4 N–H and O–H groups in total. The zero-order chi connectivity index (χ0) is 22.8. The number of aromatic nitrogens is 3. The first-order valence-corrected chi connectivity index (χ1v) is 11.1. The number of nitrogens with two attached hydrogens (primary N) is 1. The first kappa shape index (κ1) is 21.5. The van der Waals surface area contributed by atoms with Crippen LogP contribution in [0.2, 0.25) is 0 Å². The molecule has 0 unspecified atom stereocenters. The van der Waals surface area contributed by atoms with Gasteiger partial charge >= 0.3 is 0 Å². The van der Waals surface area contributed by atoms with Crippen LogP contribution in [0.25, 0.3) is 16.8 Å². The highest BCUT2D eigenvalue weighted by atomic mass is 32.1. The molecular weight excluding hydrogens is 424 g/mol. The summed E-state index contributed by atoms with van der Waals surface area (Å²) in [4.78, 5) is 30.3. The van der Waals surface area contributed by atoms with Gasteiger partial charge in [-0.2, -0.15) is 4.98 Å². The van der Waals surface area contributed by atoms with Crippen LogP contribution in [0, 0.1) is 0 Å². The summed E-state index contributed by atoms with van der Waals surface area (Å²) in [6.45, 7) is 5.72. The lowest BCUT2D eigenvalue weighted by Gasteiger charge is -2.13. The van der Waals surface area contributed by atoms with Gasteiger partial charge in [-0.15, -0.1) is 16.4 Å². The lowest BCUT2D eigenvalue weighted by Crippen LogP contribution is -2.30. The van der Waals surface area contributed by atoms with Gasteiger partial charge in [0.05, 0.1) is 16.5 Å². The number of thiophene rings is 1. The molecule has 9 heteroatoms. The van der Waals surface area contributed by atoms with Gasteiger partial charge in [0.2, 0.25) is 5.95 Å². The Hall–Kier alpha value is -3.72. The third-order valence-corrected chi connectivity index (χ3v) is 5.85. The predicted molar refractivity (Wildman–Crippen MR) is 126 cm³/mol. The molecule has 0 fully saturated rings. The molecule has 0 bridgehead atoms. The van der Waals surface area contributed by atoms with Gasteiger partial charge < -0.3 is 16.4 Å². The molecule has 1 aromatic carbocycles. The standard InChI is InChI=1S/C23H24N6O2S/c1-13(2)25-21(30)18-9-16(11-29-20(18)27-23(24)28-29)17-10-19(32-12-17)22(31)26-14(3)15-7-5-4-6-8-15/h4-14H,1-3H3,(H2,24,28)(H,25,30)(H,26,31)/t14-/m0/s1. The van der Waals surface area contributed by atoms with E-state index in [0.717, 1.165) is 16.7 Å². The fraction of sp³-hybridized carbons (Fsp3) is 0.217. The molecule has 0 spiro atoms. The molecule has 4 rings (SSSR count). The number of anilines is 1. The van der Waals surface area contributed by atoms with Crippen LogP contribution in [-0.4, -0.2) is 32.5 Å². The average Bonchev–Trinajstić information content (AvgIpc) is 3.39. The number of hydrogen-bond acceptors (Lipinski definition) is 6. The maximum atomic E-state index is 12.8. The van der Waals surface area contributed by atoms with E-state index in [1.807, 2.05) is 62.5 Å². The first-order chi connectivity index (χ1) is 15.3. The molecule has 3 heterocycles. The van der Waals surface area contributed by atoms with Crippen molar-refractivity contribution in [1.29, 1.82) is 0 Å². The quantitative estimate of drug-likeness (QED) is 0.416. The number of nitrogens with zero attached hydrogens (tertiary/aromatic N) is 3. The number of amides is 2. The monoisotopic (exact) mass is 448 g/mol. The van der Waals surface area contributed by atoms with Crippen LogP contribution in [0.15, 0.2) is 54.0 Å². The number of pyridine rings is 1. The minimum absolute atomic E-state index is 0.0328. The number of carbonyl (C=O) groups excluding carboxylic acids is 2. The van der Waals surface area contributed by atoms with E-state index >= 15 is 0 Å². The average molecular weight is 449 g/mol. The zero-order valence-corrected chi connectivity index (χ0v) is 18.8. The van der Waals surface area contributed by atoms with Gasteiger partial charge in [-0.05, 0) is 49.4 Å². The lowest BCUT2D eigenvalue weighted by atomic mass is 10.1. The molecule has 0 radical (unpaired) electrons. The summed E-state index contributed by atoms with van der Waals surface area (Å²) in [7, 11) is 0. The summed E-state index contributed by atoms with van der Waals surface area (Å²) in [6.07, 6.45) is 1.75. The topological polar surface area (TPSA) is 114 Å². The van der Waals surface area contributed by atoms with Crippen LogP contribution in [0.1, 0.15) is 52.4 Å². The summed E-state index contributed by atoms with van der Waals surface area (Å²) in [5.41, 5.74) is 9.10. The van der Waals surface area contributed by atoms with Gasteiger partial charge in [-0.1, -0.05) is 30.3 Å². The SMILES string of the molecule is CC(C)NC(=O)c1cc(-c2csc(C(=O)N[C@@H](C)c3ccccc3)c2)cn2nc(N)nc12. The molecule has 2 amide bonds. The van der Waals surface area contributed by atoms with E-state index in [1.54, 1.807) is 12.3 Å². The van der Waals surface area contributed by atoms with Crippen LogP contribution < -0.4 is 16.4 Å². The molecule has 0 aliphatic rings. The van der Waals surface area contributed by atoms with Gasteiger partial charge in [-0.3, -0.25) is 9.59 Å². The first-order valence-electron chi connectivity index (χ1n) is 10.2. The van der Waals surface area contributed by atoms with Gasteiger partial charge in [0, 0.05) is 17.8 Å². The number of fused-ring (bicyclic) bond motifs is 1. The molecule has 0 aliphatic carbocycles. The summed E-state index contributed by atoms with van der Waals surface area (Å²) in [5.74, 6) is -0.327. The van der Waals surface area contributed by atoms with Crippen LogP contribution >= 0.6 is 11.3 Å². The van der Waals surface area contributed by atoms with Crippen molar-refractivity contribution in [3.05, 3.63) is 70.0 Å². The highest BCUT2D eigenvalue weighted by molar-refractivity contribution is 7.12. The third-order valence-electron chi connectivity index (χ3n) is 4.92. The largest absolute Gasteiger partial charge is 0.366 e. The van der Waals surface area contributed by atoms with Crippen LogP contribution in [0.4, 0.5) is 5.95 Å². The summed E-state index contributed by atoms with van der Waals surface area (Å²) >= 11 is 1.34. The highest BCUT2D eigenvalue weighted by Crippen LogP contribution is 2.28. The highest BCUT2D eigenvalue weighted by Gasteiger charge is 2.19. The molecule has 0 aliphatic heterocycles. The van der Waals surface area contributed by atoms with Crippen molar-refractivity contribution in [2.24, 2.45) is 0 Å². The van der Waals surface area contributed by atoms with E-state index in [1.165, 1.54) is 15.9 Å². The maximum Gasteiger partial charge on any atom is 0.261 e. The fourth-order valence-corrected chi connectivity index (χ4v) is 4.19.